The van der Waals surface area contributed by atoms with Crippen LogP contribution in [-0.2, 0) is 11.8 Å². The summed E-state index contributed by atoms with van der Waals surface area (Å²) < 4.78 is 7.01. The minimum absolute atomic E-state index is 0.308. The number of ether oxygens (including phenoxy) is 1. The number of aromatic nitrogens is 1. The molecule has 128 valence electrons. The molecule has 0 aliphatic heterocycles. The van der Waals surface area contributed by atoms with E-state index in [0.29, 0.717) is 25.4 Å². The minimum atomic E-state index is -0.308. The number of anilines is 2. The molecule has 1 aromatic heterocycles. The first-order valence-electron chi connectivity index (χ1n) is 8.02. The van der Waals surface area contributed by atoms with Crippen LogP contribution < -0.4 is 10.2 Å². The normalized spacial score (nSPS) is 10.5. The summed E-state index contributed by atoms with van der Waals surface area (Å²) in [6, 6.07) is 5.99. The molecular formula is C19H25N3O2. The van der Waals surface area contributed by atoms with E-state index in [0.717, 1.165) is 22.3 Å². The summed E-state index contributed by atoms with van der Waals surface area (Å²) in [4.78, 5) is 14.3. The predicted octanol–water partition coefficient (Wildman–Crippen LogP) is 3.58. The van der Waals surface area contributed by atoms with Crippen molar-refractivity contribution in [3.63, 3.8) is 0 Å². The summed E-state index contributed by atoms with van der Waals surface area (Å²) in [6.45, 7) is 11.2. The first kappa shape index (κ1) is 17.7. The van der Waals surface area contributed by atoms with Gasteiger partial charge in [0.15, 0.2) is 0 Å². The molecule has 1 N–H and O–H groups in total. The third kappa shape index (κ3) is 3.30. The van der Waals surface area contributed by atoms with Gasteiger partial charge in [-0.05, 0) is 25.1 Å². The Kier molecular flexibility index (Phi) is 5.68. The quantitative estimate of drug-likeness (QED) is 0.595. The van der Waals surface area contributed by atoms with E-state index in [1.807, 2.05) is 42.9 Å². The predicted molar refractivity (Wildman–Crippen MR) is 101 cm³/mol. The molecule has 2 aromatic rings. The van der Waals surface area contributed by atoms with E-state index in [9.17, 15) is 4.79 Å². The standard InChI is InChI=1S/C19H25N3O2/c1-6-9-22(10-7-2)17-13-16-14(11-15(17)20-4)12-18(21(16)5)19(23)24-8-3/h6-7,11-13,20H,1-2,8-10H2,3-5H3. The van der Waals surface area contributed by atoms with Crippen molar-refractivity contribution in [3.8, 4) is 0 Å². The Bertz CT molecular complexity index is 752. The Balaban J connectivity index is 2.60. The average molecular weight is 327 g/mol. The van der Waals surface area contributed by atoms with Crippen LogP contribution in [0.4, 0.5) is 11.4 Å². The summed E-state index contributed by atoms with van der Waals surface area (Å²) in [5.74, 6) is -0.308. The smallest absolute Gasteiger partial charge is 0.354 e. The SMILES string of the molecule is C=CCN(CC=C)c1cc2c(cc1NC)cc(C(=O)OCC)n2C. The van der Waals surface area contributed by atoms with Crippen LogP contribution >= 0.6 is 0 Å². The van der Waals surface area contributed by atoms with Crippen LogP contribution in [0.1, 0.15) is 17.4 Å². The lowest BCUT2D eigenvalue weighted by Gasteiger charge is -2.25. The van der Waals surface area contributed by atoms with Crippen LogP contribution in [0.2, 0.25) is 0 Å². The number of nitrogens with zero attached hydrogens (tertiary/aromatic N) is 2. The highest BCUT2D eigenvalue weighted by Crippen LogP contribution is 2.33. The van der Waals surface area contributed by atoms with Crippen molar-refractivity contribution in [3.05, 3.63) is 49.2 Å². The molecule has 1 aromatic carbocycles. The van der Waals surface area contributed by atoms with Gasteiger partial charge in [0.05, 0.1) is 23.5 Å². The molecule has 5 nitrogen and oxygen atoms in total. The molecule has 0 unspecified atom stereocenters. The largest absolute Gasteiger partial charge is 0.461 e. The van der Waals surface area contributed by atoms with Crippen LogP contribution in [-0.4, -0.2) is 37.3 Å². The van der Waals surface area contributed by atoms with E-state index >= 15 is 0 Å². The number of hydrogen-bond acceptors (Lipinski definition) is 4. The van der Waals surface area contributed by atoms with Crippen molar-refractivity contribution in [2.24, 2.45) is 7.05 Å². The van der Waals surface area contributed by atoms with Crippen molar-refractivity contribution in [2.75, 3.05) is 37.0 Å². The van der Waals surface area contributed by atoms with Crippen LogP contribution in [0, 0.1) is 0 Å². The van der Waals surface area contributed by atoms with Crippen molar-refractivity contribution in [1.82, 2.24) is 4.57 Å². The molecule has 0 amide bonds. The molecule has 0 saturated heterocycles. The molecule has 0 spiro atoms. The van der Waals surface area contributed by atoms with E-state index in [4.69, 9.17) is 4.74 Å². The highest BCUT2D eigenvalue weighted by atomic mass is 16.5. The van der Waals surface area contributed by atoms with Gasteiger partial charge in [-0.25, -0.2) is 4.79 Å². The third-order valence-corrected chi connectivity index (χ3v) is 3.95. The van der Waals surface area contributed by atoms with E-state index in [2.05, 4.69) is 29.4 Å². The van der Waals surface area contributed by atoms with Gasteiger partial charge in [0, 0.05) is 32.6 Å². The zero-order valence-electron chi connectivity index (χ0n) is 14.6. The van der Waals surface area contributed by atoms with Gasteiger partial charge < -0.3 is 19.5 Å². The van der Waals surface area contributed by atoms with Gasteiger partial charge in [0.1, 0.15) is 5.69 Å². The fourth-order valence-electron chi connectivity index (χ4n) is 2.82. The van der Waals surface area contributed by atoms with Gasteiger partial charge in [-0.15, -0.1) is 13.2 Å². The van der Waals surface area contributed by atoms with E-state index in [1.54, 1.807) is 6.92 Å². The second kappa shape index (κ2) is 7.73. The number of hydrogen-bond donors (Lipinski definition) is 1. The van der Waals surface area contributed by atoms with Gasteiger partial charge >= 0.3 is 5.97 Å². The summed E-state index contributed by atoms with van der Waals surface area (Å²) in [7, 11) is 3.77. The lowest BCUT2D eigenvalue weighted by molar-refractivity contribution is 0.0516. The average Bonchev–Trinajstić information content (AvgIpc) is 2.90. The lowest BCUT2D eigenvalue weighted by Crippen LogP contribution is -2.24. The molecule has 2 rings (SSSR count). The summed E-state index contributed by atoms with van der Waals surface area (Å²) >= 11 is 0. The fraction of sp³-hybridized carbons (Fsp3) is 0.316. The monoisotopic (exact) mass is 327 g/mol. The molecule has 5 heteroatoms. The fourth-order valence-corrected chi connectivity index (χ4v) is 2.82. The summed E-state index contributed by atoms with van der Waals surface area (Å²) in [6.07, 6.45) is 3.73. The Morgan fingerprint density at radius 1 is 1.29 bits per heavy atom. The maximum Gasteiger partial charge on any atom is 0.354 e. The molecule has 0 atom stereocenters. The van der Waals surface area contributed by atoms with Crippen molar-refractivity contribution in [1.29, 1.82) is 0 Å². The molecule has 0 bridgehead atoms. The number of esters is 1. The molecule has 0 radical (unpaired) electrons. The van der Waals surface area contributed by atoms with Crippen LogP contribution in [0.25, 0.3) is 10.9 Å². The van der Waals surface area contributed by atoms with Gasteiger partial charge in [0.25, 0.3) is 0 Å². The molecule has 0 fully saturated rings. The van der Waals surface area contributed by atoms with Crippen LogP contribution in [0.3, 0.4) is 0 Å². The molecule has 0 aliphatic rings. The maximum absolute atomic E-state index is 12.1. The zero-order chi connectivity index (χ0) is 17.7. The first-order valence-corrected chi connectivity index (χ1v) is 8.02. The Morgan fingerprint density at radius 2 is 1.96 bits per heavy atom. The Labute approximate surface area is 143 Å². The Hall–Kier alpha value is -2.69. The molecular weight excluding hydrogens is 302 g/mol. The number of rotatable bonds is 8. The van der Waals surface area contributed by atoms with Gasteiger partial charge in [-0.2, -0.15) is 0 Å². The lowest BCUT2D eigenvalue weighted by atomic mass is 10.1. The number of carbonyl (C=O) groups is 1. The summed E-state index contributed by atoms with van der Waals surface area (Å²) in [5.41, 5.74) is 3.56. The van der Waals surface area contributed by atoms with Crippen LogP contribution in [0.5, 0.6) is 0 Å². The first-order chi connectivity index (χ1) is 11.6. The second-order valence-electron chi connectivity index (χ2n) is 5.47. The van der Waals surface area contributed by atoms with Gasteiger partial charge in [-0.1, -0.05) is 12.2 Å². The van der Waals surface area contributed by atoms with Crippen molar-refractivity contribution < 1.29 is 9.53 Å². The zero-order valence-corrected chi connectivity index (χ0v) is 14.6. The van der Waals surface area contributed by atoms with E-state index in [1.165, 1.54) is 0 Å². The number of fused-ring (bicyclic) bond motifs is 1. The van der Waals surface area contributed by atoms with Crippen molar-refractivity contribution >= 4 is 28.2 Å². The highest BCUT2D eigenvalue weighted by molar-refractivity contribution is 5.99. The highest BCUT2D eigenvalue weighted by Gasteiger charge is 2.17. The molecule has 24 heavy (non-hydrogen) atoms. The summed E-state index contributed by atoms with van der Waals surface area (Å²) in [5, 5.41) is 4.22. The number of aryl methyl sites for hydroxylation is 1. The maximum atomic E-state index is 12.1. The Morgan fingerprint density at radius 3 is 2.50 bits per heavy atom. The topological polar surface area (TPSA) is 46.5 Å². The molecule has 1 heterocycles. The second-order valence-corrected chi connectivity index (χ2v) is 5.47. The van der Waals surface area contributed by atoms with E-state index < -0.39 is 0 Å². The van der Waals surface area contributed by atoms with Gasteiger partial charge in [0.2, 0.25) is 0 Å². The number of nitrogens with one attached hydrogen (secondary N) is 1. The minimum Gasteiger partial charge on any atom is -0.461 e. The van der Waals surface area contributed by atoms with Gasteiger partial charge in [-0.3, -0.25) is 0 Å². The van der Waals surface area contributed by atoms with E-state index in [-0.39, 0.29) is 5.97 Å². The number of carbonyl (C=O) groups excluding carboxylic acids is 1. The molecule has 0 saturated carbocycles. The van der Waals surface area contributed by atoms with Crippen LogP contribution in [0.15, 0.2) is 43.5 Å². The number of benzene rings is 1. The molecule has 0 aliphatic carbocycles. The third-order valence-electron chi connectivity index (χ3n) is 3.95. The van der Waals surface area contributed by atoms with Crippen molar-refractivity contribution in [2.45, 2.75) is 6.92 Å².